The van der Waals surface area contributed by atoms with E-state index in [0.717, 1.165) is 5.66 Å². The fourth-order valence-electron chi connectivity index (χ4n) is 2.52. The van der Waals surface area contributed by atoms with Crippen LogP contribution >= 0.6 is 8.58 Å². The molecule has 1 fully saturated rings. The Bertz CT molecular complexity index is 127. The molecule has 0 heterocycles. The molecule has 1 heteroatoms. The van der Waals surface area contributed by atoms with E-state index in [1.165, 1.54) is 66.4 Å². The standard InChI is InChI=1S/C14H29P/c1-2-3-4-5-6-7-10-13-15-14-11-8-9-12-14/h14-15H,2-13H2,1H3. The average molecular weight is 228 g/mol. The topological polar surface area (TPSA) is 0 Å². The van der Waals surface area contributed by atoms with Crippen LogP contribution in [-0.2, 0) is 0 Å². The zero-order valence-electron chi connectivity index (χ0n) is 10.6. The van der Waals surface area contributed by atoms with Crippen molar-refractivity contribution < 1.29 is 0 Å². The van der Waals surface area contributed by atoms with E-state index in [4.69, 9.17) is 0 Å². The second-order valence-corrected chi connectivity index (χ2v) is 6.78. The molecule has 0 amide bonds. The van der Waals surface area contributed by atoms with Crippen LogP contribution in [0, 0.1) is 0 Å². The maximum Gasteiger partial charge on any atom is -0.0237 e. The van der Waals surface area contributed by atoms with Gasteiger partial charge >= 0.3 is 0 Å². The molecule has 15 heavy (non-hydrogen) atoms. The molecule has 0 saturated heterocycles. The molecule has 1 unspecified atom stereocenters. The maximum absolute atomic E-state index is 2.29. The first-order chi connectivity index (χ1) is 7.43. The number of hydrogen-bond donors (Lipinski definition) is 0. The number of hydrogen-bond acceptors (Lipinski definition) is 0. The van der Waals surface area contributed by atoms with E-state index in [-0.39, 0.29) is 0 Å². The van der Waals surface area contributed by atoms with Gasteiger partial charge in [-0.3, -0.25) is 0 Å². The smallest absolute Gasteiger partial charge is 0.0237 e. The highest BCUT2D eigenvalue weighted by atomic mass is 31.1. The molecule has 0 radical (unpaired) electrons. The summed E-state index contributed by atoms with van der Waals surface area (Å²) in [6.07, 6.45) is 18.0. The normalized spacial score (nSPS) is 18.2. The van der Waals surface area contributed by atoms with E-state index >= 15 is 0 Å². The Morgan fingerprint density at radius 1 is 0.867 bits per heavy atom. The molecule has 90 valence electrons. The first-order valence-electron chi connectivity index (χ1n) is 7.17. The van der Waals surface area contributed by atoms with Crippen molar-refractivity contribution in [3.8, 4) is 0 Å². The minimum Gasteiger partial charge on any atom is -0.119 e. The zero-order valence-corrected chi connectivity index (χ0v) is 11.6. The largest absolute Gasteiger partial charge is 0.119 e. The third-order valence-electron chi connectivity index (χ3n) is 3.57. The van der Waals surface area contributed by atoms with E-state index in [9.17, 15) is 0 Å². The minimum atomic E-state index is 1.14. The lowest BCUT2D eigenvalue weighted by Crippen LogP contribution is -1.92. The summed E-state index contributed by atoms with van der Waals surface area (Å²) in [4.78, 5) is 0. The van der Waals surface area contributed by atoms with Crippen LogP contribution < -0.4 is 0 Å². The van der Waals surface area contributed by atoms with E-state index in [1.807, 2.05) is 0 Å². The fraction of sp³-hybridized carbons (Fsp3) is 1.00. The van der Waals surface area contributed by atoms with Crippen molar-refractivity contribution >= 4 is 8.58 Å². The summed E-state index contributed by atoms with van der Waals surface area (Å²) >= 11 is 0. The lowest BCUT2D eigenvalue weighted by atomic mass is 10.1. The number of rotatable bonds is 9. The summed E-state index contributed by atoms with van der Waals surface area (Å²) in [5.41, 5.74) is 1.14. The highest BCUT2D eigenvalue weighted by molar-refractivity contribution is 7.38. The Kier molecular flexibility index (Phi) is 8.67. The second kappa shape index (κ2) is 9.64. The van der Waals surface area contributed by atoms with E-state index < -0.39 is 0 Å². The third-order valence-corrected chi connectivity index (χ3v) is 5.37. The first kappa shape index (κ1) is 13.5. The lowest BCUT2D eigenvalue weighted by Gasteiger charge is -2.08. The summed E-state index contributed by atoms with van der Waals surface area (Å²) in [5, 5.41) is 0. The number of unbranched alkanes of at least 4 members (excludes halogenated alkanes) is 6. The molecule has 0 N–H and O–H groups in total. The average Bonchev–Trinajstić information content (AvgIpc) is 2.75. The highest BCUT2D eigenvalue weighted by Gasteiger charge is 2.13. The van der Waals surface area contributed by atoms with Crippen LogP contribution in [0.3, 0.4) is 0 Å². The van der Waals surface area contributed by atoms with Crippen molar-refractivity contribution in [3.05, 3.63) is 0 Å². The molecular weight excluding hydrogens is 199 g/mol. The van der Waals surface area contributed by atoms with Gasteiger partial charge in [-0.25, -0.2) is 0 Å². The Balaban J connectivity index is 1.73. The molecule has 1 atom stereocenters. The molecule has 0 aromatic rings. The SMILES string of the molecule is CCCCCCCCCPC1CCCC1. The molecule has 0 aromatic heterocycles. The molecule has 1 saturated carbocycles. The fourth-order valence-corrected chi connectivity index (χ4v) is 4.20. The van der Waals surface area contributed by atoms with Gasteiger partial charge in [-0.05, 0) is 31.1 Å². The predicted molar refractivity (Wildman–Crippen MR) is 73.4 cm³/mol. The van der Waals surface area contributed by atoms with Crippen molar-refractivity contribution in [2.45, 2.75) is 83.2 Å². The van der Waals surface area contributed by atoms with Crippen LogP contribution in [0.15, 0.2) is 0 Å². The first-order valence-corrected chi connectivity index (χ1v) is 8.45. The Morgan fingerprint density at radius 3 is 2.13 bits per heavy atom. The molecule has 0 spiro atoms. The zero-order chi connectivity index (χ0) is 10.8. The second-order valence-electron chi connectivity index (χ2n) is 5.06. The van der Waals surface area contributed by atoms with Crippen molar-refractivity contribution in [3.63, 3.8) is 0 Å². The van der Waals surface area contributed by atoms with Crippen LogP contribution in [-0.4, -0.2) is 11.8 Å². The molecule has 0 aliphatic heterocycles. The van der Waals surface area contributed by atoms with E-state index in [2.05, 4.69) is 6.92 Å². The summed E-state index contributed by atoms with van der Waals surface area (Å²) < 4.78 is 0. The summed E-state index contributed by atoms with van der Waals surface area (Å²) in [6.45, 7) is 2.29. The van der Waals surface area contributed by atoms with Crippen molar-refractivity contribution in [1.29, 1.82) is 0 Å². The molecule has 0 bridgehead atoms. The summed E-state index contributed by atoms with van der Waals surface area (Å²) in [6, 6.07) is 0. The van der Waals surface area contributed by atoms with E-state index in [1.54, 1.807) is 19.0 Å². The van der Waals surface area contributed by atoms with E-state index in [0.29, 0.717) is 0 Å². The Hall–Kier alpha value is 0.430. The monoisotopic (exact) mass is 228 g/mol. The van der Waals surface area contributed by atoms with Crippen LogP contribution in [0.2, 0.25) is 0 Å². The van der Waals surface area contributed by atoms with Gasteiger partial charge in [0.2, 0.25) is 0 Å². The van der Waals surface area contributed by atoms with Gasteiger partial charge in [0.25, 0.3) is 0 Å². The lowest BCUT2D eigenvalue weighted by molar-refractivity contribution is 0.603. The van der Waals surface area contributed by atoms with Crippen molar-refractivity contribution in [1.82, 2.24) is 0 Å². The molecule has 1 aliphatic carbocycles. The molecule has 0 aromatic carbocycles. The summed E-state index contributed by atoms with van der Waals surface area (Å²) in [5.74, 6) is 0. The minimum absolute atomic E-state index is 1.14. The van der Waals surface area contributed by atoms with Gasteiger partial charge in [0.05, 0.1) is 0 Å². The Morgan fingerprint density at radius 2 is 1.47 bits per heavy atom. The van der Waals surface area contributed by atoms with Gasteiger partial charge in [0, 0.05) is 0 Å². The maximum atomic E-state index is 2.29. The van der Waals surface area contributed by atoms with Gasteiger partial charge in [-0.2, -0.15) is 0 Å². The van der Waals surface area contributed by atoms with Gasteiger partial charge in [0.1, 0.15) is 0 Å². The molecule has 0 nitrogen and oxygen atoms in total. The van der Waals surface area contributed by atoms with Crippen LogP contribution in [0.4, 0.5) is 0 Å². The molecular formula is C14H29P. The van der Waals surface area contributed by atoms with Gasteiger partial charge in [0.15, 0.2) is 0 Å². The van der Waals surface area contributed by atoms with Crippen molar-refractivity contribution in [2.24, 2.45) is 0 Å². The van der Waals surface area contributed by atoms with Gasteiger partial charge in [-0.15, -0.1) is 8.58 Å². The third kappa shape index (κ3) is 7.34. The molecule has 1 aliphatic rings. The quantitative estimate of drug-likeness (QED) is 0.368. The van der Waals surface area contributed by atoms with Crippen molar-refractivity contribution in [2.75, 3.05) is 6.16 Å². The summed E-state index contributed by atoms with van der Waals surface area (Å²) in [7, 11) is 1.30. The van der Waals surface area contributed by atoms with Gasteiger partial charge in [-0.1, -0.05) is 58.3 Å². The van der Waals surface area contributed by atoms with Crippen LogP contribution in [0.1, 0.15) is 77.6 Å². The molecule has 1 rings (SSSR count). The predicted octanol–water partition coefficient (Wildman–Crippen LogP) is 5.36. The Labute approximate surface area is 98.4 Å². The highest BCUT2D eigenvalue weighted by Crippen LogP contribution is 2.34. The van der Waals surface area contributed by atoms with Crippen LogP contribution in [0.5, 0.6) is 0 Å². The van der Waals surface area contributed by atoms with Crippen LogP contribution in [0.25, 0.3) is 0 Å². The van der Waals surface area contributed by atoms with Gasteiger partial charge < -0.3 is 0 Å².